The second kappa shape index (κ2) is 8.31. The lowest BCUT2D eigenvalue weighted by atomic mass is 9.91. The van der Waals surface area contributed by atoms with Crippen molar-refractivity contribution in [2.45, 2.75) is 38.3 Å². The van der Waals surface area contributed by atoms with E-state index in [1.807, 2.05) is 0 Å². The van der Waals surface area contributed by atoms with Gasteiger partial charge >= 0.3 is 0 Å². The highest BCUT2D eigenvalue weighted by molar-refractivity contribution is 5.94. The number of hydrogen-bond donors (Lipinski definition) is 2. The molecule has 0 bridgehead atoms. The average Bonchev–Trinajstić information content (AvgIpc) is 3.24. The largest absolute Gasteiger partial charge is 0.467 e. The molecule has 1 fully saturated rings. The number of amides is 1. The van der Waals surface area contributed by atoms with Crippen LogP contribution in [0.3, 0.4) is 0 Å². The maximum atomic E-state index is 14.2. The molecule has 1 aromatic carbocycles. The molecule has 3 rings (SSSR count). The standard InChI is InChI=1S/C18H21FN2O2.ClH/c19-16-8-4-3-7-15(16)17(12-5-1-2-6-12)21-18(22)13-9-14(10-20)23-11-13;/h3-4,7-9,11-12,17H,1-2,5-6,10,20H2,(H,21,22);1H. The van der Waals surface area contributed by atoms with Crippen LogP contribution in [0.15, 0.2) is 41.0 Å². The number of nitrogens with one attached hydrogen (secondary N) is 1. The number of hydrogen-bond acceptors (Lipinski definition) is 3. The Labute approximate surface area is 147 Å². The minimum atomic E-state index is -0.317. The van der Waals surface area contributed by atoms with Crippen LogP contribution < -0.4 is 11.1 Å². The second-order valence-corrected chi connectivity index (χ2v) is 6.02. The number of benzene rings is 1. The third-order valence-corrected chi connectivity index (χ3v) is 4.52. The molecule has 1 aliphatic rings. The van der Waals surface area contributed by atoms with Crippen LogP contribution in [-0.4, -0.2) is 5.91 Å². The SMILES string of the molecule is Cl.NCc1cc(C(=O)NC(c2ccccc2F)C2CCCC2)co1. The molecule has 0 spiro atoms. The Hall–Kier alpha value is -1.85. The molecule has 0 aliphatic heterocycles. The van der Waals surface area contributed by atoms with Crippen molar-refractivity contribution in [3.63, 3.8) is 0 Å². The summed E-state index contributed by atoms with van der Waals surface area (Å²) in [5, 5.41) is 2.99. The van der Waals surface area contributed by atoms with Crippen molar-refractivity contribution < 1.29 is 13.6 Å². The van der Waals surface area contributed by atoms with Crippen LogP contribution in [0.25, 0.3) is 0 Å². The lowest BCUT2D eigenvalue weighted by molar-refractivity contribution is 0.0920. The normalized spacial score (nSPS) is 15.8. The predicted molar refractivity (Wildman–Crippen MR) is 92.4 cm³/mol. The van der Waals surface area contributed by atoms with E-state index in [4.69, 9.17) is 10.2 Å². The number of furan rings is 1. The van der Waals surface area contributed by atoms with Gasteiger partial charge in [0, 0.05) is 5.56 Å². The third kappa shape index (κ3) is 3.97. The second-order valence-electron chi connectivity index (χ2n) is 6.02. The molecule has 24 heavy (non-hydrogen) atoms. The van der Waals surface area contributed by atoms with Gasteiger partial charge in [0.15, 0.2) is 0 Å². The van der Waals surface area contributed by atoms with E-state index >= 15 is 0 Å². The zero-order valence-electron chi connectivity index (χ0n) is 13.3. The topological polar surface area (TPSA) is 68.3 Å². The lowest BCUT2D eigenvalue weighted by Crippen LogP contribution is -2.33. The van der Waals surface area contributed by atoms with Crippen molar-refractivity contribution in [2.75, 3.05) is 0 Å². The molecule has 1 saturated carbocycles. The van der Waals surface area contributed by atoms with E-state index in [-0.39, 0.29) is 42.6 Å². The summed E-state index contributed by atoms with van der Waals surface area (Å²) < 4.78 is 19.4. The van der Waals surface area contributed by atoms with Gasteiger partial charge in [0.2, 0.25) is 0 Å². The molecular formula is C18H22ClFN2O2. The van der Waals surface area contributed by atoms with Crippen LogP contribution in [0.1, 0.15) is 53.4 Å². The summed E-state index contributed by atoms with van der Waals surface area (Å²) >= 11 is 0. The first-order chi connectivity index (χ1) is 11.2. The Bertz CT molecular complexity index is 683. The smallest absolute Gasteiger partial charge is 0.255 e. The molecule has 0 saturated heterocycles. The van der Waals surface area contributed by atoms with Crippen LogP contribution in [0.4, 0.5) is 4.39 Å². The number of carbonyl (C=O) groups excluding carboxylic acids is 1. The minimum absolute atomic E-state index is 0. The van der Waals surface area contributed by atoms with E-state index in [9.17, 15) is 9.18 Å². The Morgan fingerprint density at radius 1 is 1.33 bits per heavy atom. The quantitative estimate of drug-likeness (QED) is 0.855. The van der Waals surface area contributed by atoms with Gasteiger partial charge in [0.1, 0.15) is 17.8 Å². The lowest BCUT2D eigenvalue weighted by Gasteiger charge is -2.25. The summed E-state index contributed by atoms with van der Waals surface area (Å²) in [7, 11) is 0. The van der Waals surface area contributed by atoms with E-state index in [0.29, 0.717) is 16.9 Å². The number of halogens is 2. The van der Waals surface area contributed by atoms with Crippen molar-refractivity contribution >= 4 is 18.3 Å². The number of nitrogens with two attached hydrogens (primary N) is 1. The van der Waals surface area contributed by atoms with E-state index in [2.05, 4.69) is 5.32 Å². The first kappa shape index (κ1) is 18.5. The van der Waals surface area contributed by atoms with Crippen molar-refractivity contribution in [1.29, 1.82) is 0 Å². The predicted octanol–water partition coefficient (Wildman–Crippen LogP) is 3.96. The van der Waals surface area contributed by atoms with Gasteiger partial charge in [-0.3, -0.25) is 4.79 Å². The molecule has 3 N–H and O–H groups in total. The summed E-state index contributed by atoms with van der Waals surface area (Å²) in [6.45, 7) is 0.243. The van der Waals surface area contributed by atoms with Gasteiger partial charge in [-0.2, -0.15) is 0 Å². The Morgan fingerprint density at radius 2 is 2.04 bits per heavy atom. The number of rotatable bonds is 5. The zero-order chi connectivity index (χ0) is 16.2. The number of carbonyl (C=O) groups is 1. The fraction of sp³-hybridized carbons (Fsp3) is 0.389. The van der Waals surface area contributed by atoms with Gasteiger partial charge in [0.05, 0.1) is 18.2 Å². The van der Waals surface area contributed by atoms with Crippen LogP contribution in [0.5, 0.6) is 0 Å². The summed E-state index contributed by atoms with van der Waals surface area (Å²) in [5.41, 5.74) is 6.47. The van der Waals surface area contributed by atoms with Crippen LogP contribution in [0.2, 0.25) is 0 Å². The first-order valence-corrected chi connectivity index (χ1v) is 8.02. The Kier molecular flexibility index (Phi) is 6.40. The molecule has 1 aromatic heterocycles. The van der Waals surface area contributed by atoms with E-state index in [1.54, 1.807) is 24.3 Å². The third-order valence-electron chi connectivity index (χ3n) is 4.52. The summed E-state index contributed by atoms with van der Waals surface area (Å²) in [5.74, 6) is 0.281. The zero-order valence-corrected chi connectivity index (χ0v) is 14.2. The van der Waals surface area contributed by atoms with Gasteiger partial charge < -0.3 is 15.5 Å². The Balaban J connectivity index is 0.00000208. The van der Waals surface area contributed by atoms with Crippen LogP contribution >= 0.6 is 12.4 Å². The maximum Gasteiger partial charge on any atom is 0.255 e. The summed E-state index contributed by atoms with van der Waals surface area (Å²) in [4.78, 5) is 12.5. The molecular weight excluding hydrogens is 331 g/mol. The molecule has 1 heterocycles. The molecule has 1 atom stereocenters. The molecule has 130 valence electrons. The van der Waals surface area contributed by atoms with Crippen molar-refractivity contribution in [2.24, 2.45) is 11.7 Å². The fourth-order valence-electron chi connectivity index (χ4n) is 3.30. The highest BCUT2D eigenvalue weighted by Crippen LogP contribution is 2.36. The first-order valence-electron chi connectivity index (χ1n) is 8.02. The van der Waals surface area contributed by atoms with Gasteiger partial charge in [0.25, 0.3) is 5.91 Å². The molecule has 4 nitrogen and oxygen atoms in total. The average molecular weight is 353 g/mol. The highest BCUT2D eigenvalue weighted by atomic mass is 35.5. The fourth-order valence-corrected chi connectivity index (χ4v) is 3.30. The van der Waals surface area contributed by atoms with E-state index in [1.165, 1.54) is 12.3 Å². The minimum Gasteiger partial charge on any atom is -0.467 e. The molecule has 1 amide bonds. The Morgan fingerprint density at radius 3 is 2.67 bits per heavy atom. The molecule has 6 heteroatoms. The summed E-state index contributed by atoms with van der Waals surface area (Å²) in [6.07, 6.45) is 5.63. The van der Waals surface area contributed by atoms with Gasteiger partial charge in [-0.15, -0.1) is 12.4 Å². The van der Waals surface area contributed by atoms with Crippen molar-refractivity contribution in [3.8, 4) is 0 Å². The van der Waals surface area contributed by atoms with Crippen molar-refractivity contribution in [1.82, 2.24) is 5.32 Å². The van der Waals surface area contributed by atoms with Gasteiger partial charge in [-0.25, -0.2) is 4.39 Å². The van der Waals surface area contributed by atoms with Gasteiger partial charge in [-0.1, -0.05) is 31.0 Å². The van der Waals surface area contributed by atoms with E-state index < -0.39 is 0 Å². The van der Waals surface area contributed by atoms with E-state index in [0.717, 1.165) is 25.7 Å². The van der Waals surface area contributed by atoms with Crippen LogP contribution in [0, 0.1) is 11.7 Å². The highest BCUT2D eigenvalue weighted by Gasteiger charge is 2.30. The summed E-state index contributed by atoms with van der Waals surface area (Å²) in [6, 6.07) is 7.96. The molecule has 0 radical (unpaired) electrons. The maximum absolute atomic E-state index is 14.2. The monoisotopic (exact) mass is 352 g/mol. The molecule has 1 unspecified atom stereocenters. The van der Waals surface area contributed by atoms with Crippen LogP contribution in [-0.2, 0) is 6.54 Å². The molecule has 1 aliphatic carbocycles. The molecule has 2 aromatic rings. The van der Waals surface area contributed by atoms with Gasteiger partial charge in [-0.05, 0) is 30.9 Å². The van der Waals surface area contributed by atoms with Crippen molar-refractivity contribution in [3.05, 3.63) is 59.3 Å².